The van der Waals surface area contributed by atoms with Crippen LogP contribution in [0.5, 0.6) is 0 Å². The van der Waals surface area contributed by atoms with Crippen LogP contribution in [0.1, 0.15) is 31.5 Å². The molecular weight excluding hydrogens is 200 g/mol. The molecule has 0 fully saturated rings. The number of hydrogen-bond acceptors (Lipinski definition) is 3. The average Bonchev–Trinajstić information content (AvgIpc) is 2.31. The molecule has 0 aromatic carbocycles. The van der Waals surface area contributed by atoms with Crippen LogP contribution in [0.2, 0.25) is 0 Å². The van der Waals surface area contributed by atoms with Gasteiger partial charge in [-0.25, -0.2) is 0 Å². The Kier molecular flexibility index (Phi) is 5.43. The van der Waals surface area contributed by atoms with Crippen molar-refractivity contribution in [3.8, 4) is 0 Å². The lowest BCUT2D eigenvalue weighted by molar-refractivity contribution is 0.200. The monoisotopic (exact) mass is 222 g/mol. The Bertz CT molecular complexity index is 315. The van der Waals surface area contributed by atoms with Gasteiger partial charge >= 0.3 is 0 Å². The second kappa shape index (κ2) is 6.61. The molecule has 1 rings (SSSR count). The van der Waals surface area contributed by atoms with Crippen LogP contribution in [0, 0.1) is 12.8 Å². The van der Waals surface area contributed by atoms with Crippen LogP contribution >= 0.6 is 0 Å². The third kappa shape index (κ3) is 3.58. The van der Waals surface area contributed by atoms with Gasteiger partial charge in [0.15, 0.2) is 0 Å². The van der Waals surface area contributed by atoms with Gasteiger partial charge in [0.1, 0.15) is 0 Å². The quantitative estimate of drug-likeness (QED) is 0.772. The molecule has 2 unspecified atom stereocenters. The lowest BCUT2D eigenvalue weighted by atomic mass is 10.00. The van der Waals surface area contributed by atoms with E-state index < -0.39 is 0 Å². The van der Waals surface area contributed by atoms with E-state index in [4.69, 9.17) is 0 Å². The zero-order valence-corrected chi connectivity index (χ0v) is 10.4. The maximum absolute atomic E-state index is 9.29. The molecule has 2 N–H and O–H groups in total. The summed E-state index contributed by atoms with van der Waals surface area (Å²) in [4.78, 5) is 4.33. The summed E-state index contributed by atoms with van der Waals surface area (Å²) < 4.78 is 0. The molecule has 0 saturated heterocycles. The first-order valence-electron chi connectivity index (χ1n) is 5.93. The molecular formula is C13H22N2O. The number of aryl methyl sites for hydroxylation is 1. The SMILES string of the molecule is CCC(C)C(CO)NCc1ncccc1C. The maximum Gasteiger partial charge on any atom is 0.0587 e. The second-order valence-electron chi connectivity index (χ2n) is 4.32. The van der Waals surface area contributed by atoms with Gasteiger partial charge in [0.25, 0.3) is 0 Å². The lowest BCUT2D eigenvalue weighted by Gasteiger charge is -2.22. The van der Waals surface area contributed by atoms with E-state index in [2.05, 4.69) is 37.1 Å². The van der Waals surface area contributed by atoms with Crippen LogP contribution in [0.25, 0.3) is 0 Å². The summed E-state index contributed by atoms with van der Waals surface area (Å²) in [5.74, 6) is 0.481. The van der Waals surface area contributed by atoms with Crippen LogP contribution in [-0.2, 0) is 6.54 Å². The van der Waals surface area contributed by atoms with Gasteiger partial charge in [0.05, 0.1) is 12.3 Å². The maximum atomic E-state index is 9.29. The number of rotatable bonds is 6. The van der Waals surface area contributed by atoms with E-state index in [0.29, 0.717) is 5.92 Å². The Morgan fingerprint density at radius 2 is 2.25 bits per heavy atom. The highest BCUT2D eigenvalue weighted by Gasteiger charge is 2.14. The summed E-state index contributed by atoms with van der Waals surface area (Å²) in [7, 11) is 0. The van der Waals surface area contributed by atoms with Crippen molar-refractivity contribution in [1.82, 2.24) is 10.3 Å². The third-order valence-corrected chi connectivity index (χ3v) is 3.18. The predicted molar refractivity (Wildman–Crippen MR) is 66.1 cm³/mol. The molecule has 90 valence electrons. The van der Waals surface area contributed by atoms with Crippen LogP contribution < -0.4 is 5.32 Å². The van der Waals surface area contributed by atoms with Gasteiger partial charge in [-0.3, -0.25) is 4.98 Å². The Morgan fingerprint density at radius 3 is 2.81 bits per heavy atom. The number of aromatic nitrogens is 1. The smallest absolute Gasteiger partial charge is 0.0587 e. The molecule has 1 heterocycles. The van der Waals surface area contributed by atoms with Gasteiger partial charge in [-0.15, -0.1) is 0 Å². The van der Waals surface area contributed by atoms with E-state index in [1.165, 1.54) is 5.56 Å². The van der Waals surface area contributed by atoms with Crippen molar-refractivity contribution in [2.24, 2.45) is 5.92 Å². The minimum absolute atomic E-state index is 0.159. The zero-order chi connectivity index (χ0) is 12.0. The highest BCUT2D eigenvalue weighted by molar-refractivity contribution is 5.17. The van der Waals surface area contributed by atoms with E-state index in [1.807, 2.05) is 6.07 Å². The fourth-order valence-corrected chi connectivity index (χ4v) is 1.66. The fourth-order valence-electron chi connectivity index (χ4n) is 1.66. The molecule has 0 amide bonds. The summed E-state index contributed by atoms with van der Waals surface area (Å²) in [6.45, 7) is 7.25. The van der Waals surface area contributed by atoms with Crippen molar-refractivity contribution in [3.63, 3.8) is 0 Å². The molecule has 0 aliphatic heterocycles. The Labute approximate surface area is 97.9 Å². The third-order valence-electron chi connectivity index (χ3n) is 3.18. The van der Waals surface area contributed by atoms with Crippen LogP contribution in [-0.4, -0.2) is 22.7 Å². The molecule has 3 nitrogen and oxygen atoms in total. The van der Waals surface area contributed by atoms with Crippen molar-refractivity contribution < 1.29 is 5.11 Å². The highest BCUT2D eigenvalue weighted by Crippen LogP contribution is 2.09. The van der Waals surface area contributed by atoms with Gasteiger partial charge in [-0.2, -0.15) is 0 Å². The number of pyridine rings is 1. The molecule has 16 heavy (non-hydrogen) atoms. The minimum atomic E-state index is 0.159. The van der Waals surface area contributed by atoms with Crippen molar-refractivity contribution in [2.75, 3.05) is 6.61 Å². The lowest BCUT2D eigenvalue weighted by Crippen LogP contribution is -2.37. The minimum Gasteiger partial charge on any atom is -0.395 e. The normalized spacial score (nSPS) is 14.8. The summed E-state index contributed by atoms with van der Waals surface area (Å²) in [6.07, 6.45) is 2.88. The number of hydrogen-bond donors (Lipinski definition) is 2. The van der Waals surface area contributed by atoms with Gasteiger partial charge in [-0.1, -0.05) is 26.3 Å². The molecule has 1 aromatic rings. The van der Waals surface area contributed by atoms with E-state index in [-0.39, 0.29) is 12.6 Å². The van der Waals surface area contributed by atoms with E-state index in [0.717, 1.165) is 18.7 Å². The molecule has 0 radical (unpaired) electrons. The Morgan fingerprint density at radius 1 is 1.50 bits per heavy atom. The zero-order valence-electron chi connectivity index (χ0n) is 10.4. The van der Waals surface area contributed by atoms with Gasteiger partial charge < -0.3 is 10.4 Å². The summed E-state index contributed by atoms with van der Waals surface area (Å²) >= 11 is 0. The Hall–Kier alpha value is -0.930. The molecule has 2 atom stereocenters. The van der Waals surface area contributed by atoms with E-state index in [1.54, 1.807) is 6.20 Å². The predicted octanol–water partition coefficient (Wildman–Crippen LogP) is 1.89. The van der Waals surface area contributed by atoms with E-state index in [9.17, 15) is 5.11 Å². The average molecular weight is 222 g/mol. The van der Waals surface area contributed by atoms with Crippen LogP contribution in [0.4, 0.5) is 0 Å². The largest absolute Gasteiger partial charge is 0.395 e. The molecule has 0 spiro atoms. The van der Waals surface area contributed by atoms with Gasteiger partial charge in [0, 0.05) is 18.8 Å². The molecule has 0 aliphatic rings. The summed E-state index contributed by atoms with van der Waals surface area (Å²) in [5, 5.41) is 12.7. The second-order valence-corrected chi connectivity index (χ2v) is 4.32. The van der Waals surface area contributed by atoms with Crippen molar-refractivity contribution in [2.45, 2.75) is 39.8 Å². The fraction of sp³-hybridized carbons (Fsp3) is 0.615. The number of aliphatic hydroxyl groups is 1. The summed E-state index contributed by atoms with van der Waals surface area (Å²) in [5.41, 5.74) is 2.25. The topological polar surface area (TPSA) is 45.1 Å². The number of nitrogens with zero attached hydrogens (tertiary/aromatic N) is 1. The standard InChI is InChI=1S/C13H22N2O/c1-4-10(2)13(9-16)15-8-12-11(3)6-5-7-14-12/h5-7,10,13,15-16H,4,8-9H2,1-3H3. The first-order valence-corrected chi connectivity index (χ1v) is 5.93. The Balaban J connectivity index is 2.53. The first kappa shape index (κ1) is 13.1. The molecule has 1 aromatic heterocycles. The summed E-state index contributed by atoms with van der Waals surface area (Å²) in [6, 6.07) is 4.16. The molecule has 0 aliphatic carbocycles. The molecule has 3 heteroatoms. The van der Waals surface area contributed by atoms with Crippen LogP contribution in [0.15, 0.2) is 18.3 Å². The molecule has 0 bridgehead atoms. The van der Waals surface area contributed by atoms with Gasteiger partial charge in [0.2, 0.25) is 0 Å². The van der Waals surface area contributed by atoms with E-state index >= 15 is 0 Å². The van der Waals surface area contributed by atoms with Gasteiger partial charge in [-0.05, 0) is 24.5 Å². The van der Waals surface area contributed by atoms with Crippen molar-refractivity contribution >= 4 is 0 Å². The van der Waals surface area contributed by atoms with Crippen LogP contribution in [0.3, 0.4) is 0 Å². The van der Waals surface area contributed by atoms with Crippen molar-refractivity contribution in [1.29, 1.82) is 0 Å². The number of nitrogens with one attached hydrogen (secondary N) is 1. The first-order chi connectivity index (χ1) is 7.69. The van der Waals surface area contributed by atoms with Crippen molar-refractivity contribution in [3.05, 3.63) is 29.6 Å². The number of aliphatic hydroxyl groups excluding tert-OH is 1. The molecule has 0 saturated carbocycles. The highest BCUT2D eigenvalue weighted by atomic mass is 16.3.